The molecule has 0 spiro atoms. The van der Waals surface area contributed by atoms with Crippen LogP contribution in [0.4, 0.5) is 4.39 Å². The lowest BCUT2D eigenvalue weighted by atomic mass is 10.1. The molecular weight excluding hydrogens is 253 g/mol. The van der Waals surface area contributed by atoms with E-state index in [-0.39, 0.29) is 18.7 Å². The first kappa shape index (κ1) is 13.1. The molecule has 1 N–H and O–H groups in total. The molecule has 0 unspecified atom stereocenters. The van der Waals surface area contributed by atoms with E-state index in [0.717, 1.165) is 0 Å². The number of aromatic amines is 1. The first-order valence-corrected chi connectivity index (χ1v) is 5.65. The fourth-order valence-electron chi connectivity index (χ4n) is 1.70. The van der Waals surface area contributed by atoms with Gasteiger partial charge in [0.2, 0.25) is 0 Å². The van der Waals surface area contributed by atoms with Crippen LogP contribution in [0, 0.1) is 5.82 Å². The van der Waals surface area contributed by atoms with E-state index >= 15 is 0 Å². The Labute approximate surface area is 108 Å². The number of hydrogen-bond acceptors (Lipinski definition) is 4. The van der Waals surface area contributed by atoms with Crippen LogP contribution in [0.1, 0.15) is 12.2 Å². The summed E-state index contributed by atoms with van der Waals surface area (Å²) in [5.74, 6) is -1.03. The fourth-order valence-corrected chi connectivity index (χ4v) is 1.70. The fraction of sp³-hybridized carbons (Fsp3) is 0.231. The Bertz CT molecular complexity index is 627. The number of aryl methyl sites for hydroxylation is 1. The molecule has 0 radical (unpaired) electrons. The van der Waals surface area contributed by atoms with Crippen molar-refractivity contribution in [1.29, 1.82) is 0 Å². The third kappa shape index (κ3) is 3.09. The Morgan fingerprint density at radius 2 is 2.05 bits per heavy atom. The van der Waals surface area contributed by atoms with E-state index in [2.05, 4.69) is 9.72 Å². The summed E-state index contributed by atoms with van der Waals surface area (Å²) in [5, 5.41) is 0. The van der Waals surface area contributed by atoms with Gasteiger partial charge in [-0.15, -0.1) is 0 Å². The summed E-state index contributed by atoms with van der Waals surface area (Å²) in [6, 6.07) is 5.62. The summed E-state index contributed by atoms with van der Waals surface area (Å²) < 4.78 is 22.4. The standard InChI is InChI=1S/C13H12FNO4/c1-18-11(16)7-6-10-12(15-13(17)19-10)8-2-4-9(14)5-3-8/h2-5H,6-7H2,1H3,(H,15,17). The number of aromatic nitrogens is 1. The average molecular weight is 265 g/mol. The zero-order chi connectivity index (χ0) is 13.8. The lowest BCUT2D eigenvalue weighted by Crippen LogP contribution is -2.02. The highest BCUT2D eigenvalue weighted by Gasteiger charge is 2.14. The number of halogens is 1. The number of rotatable bonds is 4. The molecule has 0 aliphatic carbocycles. The lowest BCUT2D eigenvalue weighted by Gasteiger charge is -2.01. The van der Waals surface area contributed by atoms with Crippen LogP contribution in [-0.2, 0) is 16.0 Å². The monoisotopic (exact) mass is 265 g/mol. The molecule has 0 bridgehead atoms. The van der Waals surface area contributed by atoms with Crippen LogP contribution in [-0.4, -0.2) is 18.1 Å². The third-order valence-electron chi connectivity index (χ3n) is 2.64. The van der Waals surface area contributed by atoms with Gasteiger partial charge in [0.1, 0.15) is 11.6 Å². The number of methoxy groups -OCH3 is 1. The number of ether oxygens (including phenoxy) is 1. The number of carbonyl (C=O) groups is 1. The van der Waals surface area contributed by atoms with E-state index in [0.29, 0.717) is 17.0 Å². The largest absolute Gasteiger partial charge is 0.469 e. The van der Waals surface area contributed by atoms with E-state index in [1.807, 2.05) is 0 Å². The van der Waals surface area contributed by atoms with Gasteiger partial charge in [-0.3, -0.25) is 9.78 Å². The number of benzene rings is 1. The van der Waals surface area contributed by atoms with Crippen LogP contribution < -0.4 is 5.76 Å². The zero-order valence-corrected chi connectivity index (χ0v) is 10.2. The highest BCUT2D eigenvalue weighted by atomic mass is 19.1. The second kappa shape index (κ2) is 5.51. The minimum absolute atomic E-state index is 0.103. The predicted molar refractivity (Wildman–Crippen MR) is 65.1 cm³/mol. The van der Waals surface area contributed by atoms with E-state index in [9.17, 15) is 14.0 Å². The van der Waals surface area contributed by atoms with Gasteiger partial charge in [0, 0.05) is 12.0 Å². The Morgan fingerprint density at radius 3 is 2.68 bits per heavy atom. The van der Waals surface area contributed by atoms with Gasteiger partial charge in [-0.25, -0.2) is 9.18 Å². The van der Waals surface area contributed by atoms with Gasteiger partial charge in [-0.2, -0.15) is 0 Å². The molecule has 2 aromatic rings. The number of esters is 1. The smallest absolute Gasteiger partial charge is 0.416 e. The summed E-state index contributed by atoms with van der Waals surface area (Å²) >= 11 is 0. The second-order valence-corrected chi connectivity index (χ2v) is 3.90. The molecule has 0 saturated carbocycles. The summed E-state index contributed by atoms with van der Waals surface area (Å²) in [6.07, 6.45) is 0.337. The molecule has 0 atom stereocenters. The molecule has 0 aliphatic rings. The third-order valence-corrected chi connectivity index (χ3v) is 2.64. The molecule has 100 valence electrons. The van der Waals surface area contributed by atoms with Crippen molar-refractivity contribution in [2.45, 2.75) is 12.8 Å². The topological polar surface area (TPSA) is 72.3 Å². The number of hydrogen-bond donors (Lipinski definition) is 1. The van der Waals surface area contributed by atoms with Crippen LogP contribution in [0.5, 0.6) is 0 Å². The Morgan fingerprint density at radius 1 is 1.37 bits per heavy atom. The van der Waals surface area contributed by atoms with Crippen molar-refractivity contribution >= 4 is 5.97 Å². The minimum Gasteiger partial charge on any atom is -0.469 e. The molecule has 5 nitrogen and oxygen atoms in total. The van der Waals surface area contributed by atoms with Crippen molar-refractivity contribution in [3.8, 4) is 11.3 Å². The highest BCUT2D eigenvalue weighted by molar-refractivity contribution is 5.70. The molecule has 2 rings (SSSR count). The van der Waals surface area contributed by atoms with E-state index in [4.69, 9.17) is 4.42 Å². The van der Waals surface area contributed by atoms with E-state index in [1.54, 1.807) is 0 Å². The Balaban J connectivity index is 2.28. The molecule has 1 heterocycles. The first-order chi connectivity index (χ1) is 9.10. The summed E-state index contributed by atoms with van der Waals surface area (Å²) in [4.78, 5) is 24.9. The number of H-pyrrole nitrogens is 1. The van der Waals surface area contributed by atoms with Crippen molar-refractivity contribution in [1.82, 2.24) is 4.98 Å². The van der Waals surface area contributed by atoms with Crippen LogP contribution >= 0.6 is 0 Å². The zero-order valence-electron chi connectivity index (χ0n) is 10.2. The summed E-state index contributed by atoms with van der Waals surface area (Å²) in [5.41, 5.74) is 1.07. The predicted octanol–water partition coefficient (Wildman–Crippen LogP) is 1.88. The number of nitrogens with one attached hydrogen (secondary N) is 1. The van der Waals surface area contributed by atoms with Crippen LogP contribution in [0.25, 0.3) is 11.3 Å². The summed E-state index contributed by atoms with van der Waals surface area (Å²) in [7, 11) is 1.29. The van der Waals surface area contributed by atoms with Crippen molar-refractivity contribution in [3.05, 3.63) is 46.4 Å². The maximum absolute atomic E-state index is 12.9. The molecule has 0 amide bonds. The van der Waals surface area contributed by atoms with Crippen LogP contribution in [0.2, 0.25) is 0 Å². The number of oxazole rings is 1. The van der Waals surface area contributed by atoms with E-state index < -0.39 is 11.7 Å². The van der Waals surface area contributed by atoms with Gasteiger partial charge in [0.05, 0.1) is 19.2 Å². The van der Waals surface area contributed by atoms with Crippen molar-refractivity contribution < 1.29 is 18.3 Å². The molecule has 6 heteroatoms. The minimum atomic E-state index is -0.612. The van der Waals surface area contributed by atoms with Crippen LogP contribution in [0.15, 0.2) is 33.5 Å². The number of carbonyl (C=O) groups excluding carboxylic acids is 1. The molecule has 0 aliphatic heterocycles. The van der Waals surface area contributed by atoms with E-state index in [1.165, 1.54) is 31.4 Å². The van der Waals surface area contributed by atoms with Gasteiger partial charge < -0.3 is 9.15 Å². The molecule has 0 fully saturated rings. The maximum Gasteiger partial charge on any atom is 0.416 e. The van der Waals surface area contributed by atoms with Gasteiger partial charge >= 0.3 is 11.7 Å². The Kier molecular flexibility index (Phi) is 3.79. The van der Waals surface area contributed by atoms with Gasteiger partial charge in [-0.05, 0) is 24.3 Å². The molecule has 1 aromatic heterocycles. The average Bonchev–Trinajstić information content (AvgIpc) is 2.78. The molecular formula is C13H12FNO4. The molecule has 0 saturated heterocycles. The SMILES string of the molecule is COC(=O)CCc1oc(=O)[nH]c1-c1ccc(F)cc1. The first-order valence-electron chi connectivity index (χ1n) is 5.65. The quantitative estimate of drug-likeness (QED) is 0.857. The lowest BCUT2D eigenvalue weighted by molar-refractivity contribution is -0.140. The normalized spacial score (nSPS) is 10.4. The maximum atomic E-state index is 12.9. The van der Waals surface area contributed by atoms with Crippen molar-refractivity contribution in [3.63, 3.8) is 0 Å². The second-order valence-electron chi connectivity index (χ2n) is 3.90. The van der Waals surface area contributed by atoms with Crippen molar-refractivity contribution in [2.75, 3.05) is 7.11 Å². The van der Waals surface area contributed by atoms with Gasteiger partial charge in [0.25, 0.3) is 0 Å². The van der Waals surface area contributed by atoms with Gasteiger partial charge in [-0.1, -0.05) is 0 Å². The van der Waals surface area contributed by atoms with Crippen LogP contribution in [0.3, 0.4) is 0 Å². The molecule has 19 heavy (non-hydrogen) atoms. The Hall–Kier alpha value is -2.37. The highest BCUT2D eigenvalue weighted by Crippen LogP contribution is 2.22. The molecule has 1 aromatic carbocycles. The summed E-state index contributed by atoms with van der Waals surface area (Å²) in [6.45, 7) is 0. The van der Waals surface area contributed by atoms with Crippen molar-refractivity contribution in [2.24, 2.45) is 0 Å². The van der Waals surface area contributed by atoms with Gasteiger partial charge in [0.15, 0.2) is 0 Å².